The Balaban J connectivity index is 0. The Labute approximate surface area is 58.7 Å². The monoisotopic (exact) mass is 129 g/mol. The molecule has 0 fully saturated rings. The van der Waals surface area contributed by atoms with Crippen molar-refractivity contribution < 1.29 is 0 Å². The molecule has 0 rings (SSSR count). The highest BCUT2D eigenvalue weighted by Crippen LogP contribution is 2.21. The molecule has 9 heavy (non-hydrogen) atoms. The van der Waals surface area contributed by atoms with Gasteiger partial charge in [-0.2, -0.15) is 0 Å². The Morgan fingerprint density at radius 2 is 1.67 bits per heavy atom. The van der Waals surface area contributed by atoms with E-state index in [4.69, 9.17) is 0 Å². The Hall–Kier alpha value is -0.300. The smallest absolute Gasteiger partial charge is 0.0277 e. The van der Waals surface area contributed by atoms with Crippen LogP contribution < -0.4 is 6.15 Å². The van der Waals surface area contributed by atoms with Gasteiger partial charge in [-0.1, -0.05) is 26.3 Å². The first-order valence-corrected chi connectivity index (χ1v) is 3.06. The Morgan fingerprint density at radius 1 is 1.33 bits per heavy atom. The van der Waals surface area contributed by atoms with Crippen LogP contribution in [0.3, 0.4) is 0 Å². The quantitative estimate of drug-likeness (QED) is 0.542. The summed E-state index contributed by atoms with van der Waals surface area (Å²) in [6.07, 6.45) is 1.13. The van der Waals surface area contributed by atoms with Crippen LogP contribution in [0.15, 0.2) is 12.2 Å². The molecule has 0 atom stereocenters. The molecular weight excluding hydrogens is 110 g/mol. The standard InChI is InChI=1S/C8H16.H3N/c1-7(2)6-8(3,4)5;/h1,6H2,2-5H3;1H3. The maximum Gasteiger partial charge on any atom is -0.0277 e. The molecule has 0 bridgehead atoms. The average Bonchev–Trinajstić information content (AvgIpc) is 1.21. The summed E-state index contributed by atoms with van der Waals surface area (Å²) < 4.78 is 0. The number of rotatable bonds is 1. The van der Waals surface area contributed by atoms with Gasteiger partial charge in [-0.05, 0) is 18.8 Å². The van der Waals surface area contributed by atoms with Crippen molar-refractivity contribution in [3.8, 4) is 0 Å². The fraction of sp³-hybridized carbons (Fsp3) is 0.750. The lowest BCUT2D eigenvalue weighted by molar-refractivity contribution is 0.410. The van der Waals surface area contributed by atoms with Crippen LogP contribution in [0.25, 0.3) is 0 Å². The molecule has 0 aromatic carbocycles. The summed E-state index contributed by atoms with van der Waals surface area (Å²) in [7, 11) is 0. The van der Waals surface area contributed by atoms with Gasteiger partial charge in [0.05, 0.1) is 0 Å². The molecule has 0 spiro atoms. The zero-order valence-electron chi connectivity index (χ0n) is 7.12. The lowest BCUT2D eigenvalue weighted by Gasteiger charge is -2.17. The molecular formula is C8H19N. The third kappa shape index (κ3) is 11.3. The minimum Gasteiger partial charge on any atom is -0.344 e. The predicted octanol–water partition coefficient (Wildman–Crippen LogP) is 3.16. The first-order valence-electron chi connectivity index (χ1n) is 3.06. The predicted molar refractivity (Wildman–Crippen MR) is 43.9 cm³/mol. The maximum atomic E-state index is 3.84. The Kier molecular flexibility index (Phi) is 4.69. The highest BCUT2D eigenvalue weighted by Gasteiger charge is 2.08. The van der Waals surface area contributed by atoms with Gasteiger partial charge in [-0.15, -0.1) is 6.58 Å². The van der Waals surface area contributed by atoms with Crippen molar-refractivity contribution >= 4 is 0 Å². The molecule has 1 nitrogen and oxygen atoms in total. The molecule has 0 saturated carbocycles. The van der Waals surface area contributed by atoms with Gasteiger partial charge < -0.3 is 6.15 Å². The molecule has 0 aliphatic carbocycles. The summed E-state index contributed by atoms with van der Waals surface area (Å²) in [4.78, 5) is 0. The average molecular weight is 129 g/mol. The topological polar surface area (TPSA) is 35.0 Å². The van der Waals surface area contributed by atoms with Gasteiger partial charge >= 0.3 is 0 Å². The minimum atomic E-state index is 0. The third-order valence-electron chi connectivity index (χ3n) is 0.832. The molecule has 0 radical (unpaired) electrons. The van der Waals surface area contributed by atoms with Gasteiger partial charge in [-0.3, -0.25) is 0 Å². The number of allylic oxidation sites excluding steroid dienone is 1. The second-order valence-corrected chi connectivity index (χ2v) is 3.69. The van der Waals surface area contributed by atoms with Crippen LogP contribution in [0.4, 0.5) is 0 Å². The SMILES string of the molecule is C=C(C)CC(C)(C)C.N. The summed E-state index contributed by atoms with van der Waals surface area (Å²) in [5, 5.41) is 0. The van der Waals surface area contributed by atoms with Gasteiger partial charge in [0, 0.05) is 0 Å². The normalized spacial score (nSPS) is 10.2. The molecule has 3 N–H and O–H groups in total. The summed E-state index contributed by atoms with van der Waals surface area (Å²) in [5.41, 5.74) is 1.70. The van der Waals surface area contributed by atoms with Gasteiger partial charge in [0.1, 0.15) is 0 Å². The summed E-state index contributed by atoms with van der Waals surface area (Å²) in [6.45, 7) is 12.6. The van der Waals surface area contributed by atoms with Crippen LogP contribution in [0.2, 0.25) is 0 Å². The van der Waals surface area contributed by atoms with Crippen molar-refractivity contribution in [2.45, 2.75) is 34.1 Å². The first-order chi connectivity index (χ1) is 3.42. The molecule has 0 unspecified atom stereocenters. The molecule has 0 saturated heterocycles. The van der Waals surface area contributed by atoms with E-state index in [0.717, 1.165) is 6.42 Å². The van der Waals surface area contributed by atoms with E-state index >= 15 is 0 Å². The highest BCUT2D eigenvalue weighted by molar-refractivity contribution is 4.91. The lowest BCUT2D eigenvalue weighted by atomic mass is 9.89. The van der Waals surface area contributed by atoms with E-state index < -0.39 is 0 Å². The number of hydrogen-bond donors (Lipinski definition) is 1. The van der Waals surface area contributed by atoms with Gasteiger partial charge in [0.2, 0.25) is 0 Å². The molecule has 1 heteroatoms. The Bertz CT molecular complexity index is 87.2. The zero-order chi connectivity index (χ0) is 6.78. The van der Waals surface area contributed by atoms with Crippen LogP contribution >= 0.6 is 0 Å². The molecule has 56 valence electrons. The molecule has 0 amide bonds. The zero-order valence-corrected chi connectivity index (χ0v) is 7.12. The van der Waals surface area contributed by atoms with Crippen LogP contribution in [-0.2, 0) is 0 Å². The van der Waals surface area contributed by atoms with E-state index in [9.17, 15) is 0 Å². The fourth-order valence-electron chi connectivity index (χ4n) is 0.905. The molecule has 0 heterocycles. The second-order valence-electron chi connectivity index (χ2n) is 3.69. The van der Waals surface area contributed by atoms with Crippen LogP contribution in [0, 0.1) is 5.41 Å². The van der Waals surface area contributed by atoms with Gasteiger partial charge in [-0.25, -0.2) is 0 Å². The van der Waals surface area contributed by atoms with Crippen molar-refractivity contribution in [1.82, 2.24) is 6.15 Å². The molecule has 0 aromatic heterocycles. The summed E-state index contributed by atoms with van der Waals surface area (Å²) >= 11 is 0. The van der Waals surface area contributed by atoms with E-state index in [1.165, 1.54) is 5.57 Å². The van der Waals surface area contributed by atoms with Crippen molar-refractivity contribution in [3.63, 3.8) is 0 Å². The van der Waals surface area contributed by atoms with Crippen molar-refractivity contribution in [2.24, 2.45) is 5.41 Å². The third-order valence-corrected chi connectivity index (χ3v) is 0.832. The summed E-state index contributed by atoms with van der Waals surface area (Å²) in [6, 6.07) is 0. The second kappa shape index (κ2) is 3.67. The molecule has 0 aromatic rings. The minimum absolute atomic E-state index is 0. The van der Waals surface area contributed by atoms with E-state index in [0.29, 0.717) is 5.41 Å². The first kappa shape index (κ1) is 11.5. The lowest BCUT2D eigenvalue weighted by Crippen LogP contribution is -2.03. The Morgan fingerprint density at radius 3 is 1.67 bits per heavy atom. The van der Waals surface area contributed by atoms with Crippen molar-refractivity contribution in [1.29, 1.82) is 0 Å². The summed E-state index contributed by atoms with van der Waals surface area (Å²) in [5.74, 6) is 0. The molecule has 0 aliphatic rings. The fourth-order valence-corrected chi connectivity index (χ4v) is 0.905. The maximum absolute atomic E-state index is 3.84. The number of hydrogen-bond acceptors (Lipinski definition) is 1. The van der Waals surface area contributed by atoms with E-state index in [-0.39, 0.29) is 6.15 Å². The van der Waals surface area contributed by atoms with E-state index in [1.54, 1.807) is 0 Å². The van der Waals surface area contributed by atoms with E-state index in [1.807, 2.05) is 0 Å². The highest BCUT2D eigenvalue weighted by atomic mass is 14.1. The van der Waals surface area contributed by atoms with E-state index in [2.05, 4.69) is 34.3 Å². The van der Waals surface area contributed by atoms with Crippen LogP contribution in [0.1, 0.15) is 34.1 Å². The van der Waals surface area contributed by atoms with Crippen molar-refractivity contribution in [2.75, 3.05) is 0 Å². The van der Waals surface area contributed by atoms with Crippen LogP contribution in [-0.4, -0.2) is 0 Å². The largest absolute Gasteiger partial charge is 0.344 e. The van der Waals surface area contributed by atoms with Crippen molar-refractivity contribution in [3.05, 3.63) is 12.2 Å². The van der Waals surface area contributed by atoms with Gasteiger partial charge in [0.25, 0.3) is 0 Å². The molecule has 0 aliphatic heterocycles. The van der Waals surface area contributed by atoms with Crippen LogP contribution in [0.5, 0.6) is 0 Å². The van der Waals surface area contributed by atoms with Gasteiger partial charge in [0.15, 0.2) is 0 Å².